The molecule has 1 fully saturated rings. The Hall–Kier alpha value is -1.46. The van der Waals surface area contributed by atoms with E-state index < -0.39 is 6.10 Å². The van der Waals surface area contributed by atoms with Crippen LogP contribution in [0.1, 0.15) is 11.1 Å². The Morgan fingerprint density at radius 3 is 2.33 bits per heavy atom. The summed E-state index contributed by atoms with van der Waals surface area (Å²) in [5.41, 5.74) is 3.12. The molecular weight excluding hydrogens is 383 g/mol. The predicted molar refractivity (Wildman–Crippen MR) is 113 cm³/mol. The summed E-state index contributed by atoms with van der Waals surface area (Å²) in [5.74, 6) is 0.749. The van der Waals surface area contributed by atoms with Gasteiger partial charge < -0.3 is 14.7 Å². The molecule has 0 saturated carbocycles. The molecular formula is C21H26Cl2N2O2. The molecule has 1 atom stereocenters. The van der Waals surface area contributed by atoms with Crippen molar-refractivity contribution >= 4 is 28.9 Å². The van der Waals surface area contributed by atoms with Gasteiger partial charge in [0.2, 0.25) is 0 Å². The van der Waals surface area contributed by atoms with E-state index in [1.807, 2.05) is 44.2 Å². The van der Waals surface area contributed by atoms with Gasteiger partial charge in [0.05, 0.1) is 0 Å². The molecule has 1 aliphatic heterocycles. The highest BCUT2D eigenvalue weighted by atomic mass is 35.5. The summed E-state index contributed by atoms with van der Waals surface area (Å²) in [7, 11) is 0. The van der Waals surface area contributed by atoms with Crippen LogP contribution in [-0.4, -0.2) is 55.4 Å². The number of aliphatic hydroxyl groups excluding tert-OH is 1. The quantitative estimate of drug-likeness (QED) is 0.777. The van der Waals surface area contributed by atoms with Crippen LogP contribution in [0.4, 0.5) is 5.69 Å². The molecule has 6 heteroatoms. The van der Waals surface area contributed by atoms with Gasteiger partial charge in [-0.1, -0.05) is 29.3 Å². The van der Waals surface area contributed by atoms with Crippen molar-refractivity contribution in [2.24, 2.45) is 0 Å². The summed E-state index contributed by atoms with van der Waals surface area (Å²) in [5, 5.41) is 11.9. The molecule has 4 nitrogen and oxygen atoms in total. The van der Waals surface area contributed by atoms with Crippen molar-refractivity contribution in [1.29, 1.82) is 0 Å². The van der Waals surface area contributed by atoms with Crippen molar-refractivity contribution in [3.8, 4) is 5.75 Å². The summed E-state index contributed by atoms with van der Waals surface area (Å²) >= 11 is 12.3. The number of rotatable bonds is 6. The summed E-state index contributed by atoms with van der Waals surface area (Å²) in [4.78, 5) is 4.60. The second-order valence-corrected chi connectivity index (χ2v) is 7.92. The van der Waals surface area contributed by atoms with Crippen LogP contribution in [0.15, 0.2) is 36.4 Å². The predicted octanol–water partition coefficient (Wildman–Crippen LogP) is 4.17. The minimum atomic E-state index is -0.529. The smallest absolute Gasteiger partial charge is 0.120 e. The van der Waals surface area contributed by atoms with Crippen molar-refractivity contribution in [3.63, 3.8) is 0 Å². The van der Waals surface area contributed by atoms with Gasteiger partial charge in [0.15, 0.2) is 0 Å². The molecule has 2 aromatic carbocycles. The molecule has 0 spiro atoms. The molecule has 1 heterocycles. The topological polar surface area (TPSA) is 35.9 Å². The van der Waals surface area contributed by atoms with E-state index in [0.717, 1.165) is 58.8 Å². The third-order valence-corrected chi connectivity index (χ3v) is 5.70. The van der Waals surface area contributed by atoms with Crippen LogP contribution in [-0.2, 0) is 0 Å². The molecule has 146 valence electrons. The molecule has 0 bridgehead atoms. The average molecular weight is 409 g/mol. The first kappa shape index (κ1) is 20.3. The lowest BCUT2D eigenvalue weighted by Gasteiger charge is -2.36. The number of aryl methyl sites for hydroxylation is 2. The lowest BCUT2D eigenvalue weighted by Crippen LogP contribution is -2.49. The second-order valence-electron chi connectivity index (χ2n) is 7.10. The highest BCUT2D eigenvalue weighted by Crippen LogP contribution is 2.26. The number of benzene rings is 2. The van der Waals surface area contributed by atoms with E-state index in [4.69, 9.17) is 27.9 Å². The van der Waals surface area contributed by atoms with Crippen molar-refractivity contribution in [2.75, 3.05) is 44.2 Å². The molecule has 0 radical (unpaired) electrons. The van der Waals surface area contributed by atoms with Crippen LogP contribution >= 0.6 is 23.2 Å². The van der Waals surface area contributed by atoms with Crippen molar-refractivity contribution in [2.45, 2.75) is 20.0 Å². The van der Waals surface area contributed by atoms with Crippen LogP contribution < -0.4 is 9.64 Å². The zero-order valence-corrected chi connectivity index (χ0v) is 17.3. The van der Waals surface area contributed by atoms with Gasteiger partial charge in [0, 0.05) is 48.5 Å². The van der Waals surface area contributed by atoms with Crippen molar-refractivity contribution < 1.29 is 9.84 Å². The van der Waals surface area contributed by atoms with E-state index in [1.165, 1.54) is 0 Å². The lowest BCUT2D eigenvalue weighted by molar-refractivity contribution is 0.0663. The molecule has 1 unspecified atom stereocenters. The Labute approximate surface area is 171 Å². The Balaban J connectivity index is 1.45. The van der Waals surface area contributed by atoms with Gasteiger partial charge in [0.25, 0.3) is 0 Å². The maximum Gasteiger partial charge on any atom is 0.120 e. The maximum absolute atomic E-state index is 10.4. The van der Waals surface area contributed by atoms with E-state index in [9.17, 15) is 5.11 Å². The van der Waals surface area contributed by atoms with Gasteiger partial charge in [-0.2, -0.15) is 0 Å². The van der Waals surface area contributed by atoms with Crippen LogP contribution in [0.3, 0.4) is 0 Å². The van der Waals surface area contributed by atoms with Crippen molar-refractivity contribution in [3.05, 3.63) is 57.6 Å². The van der Waals surface area contributed by atoms with Crippen LogP contribution in [0.2, 0.25) is 10.0 Å². The fraction of sp³-hybridized carbons (Fsp3) is 0.429. The normalized spacial score (nSPS) is 16.4. The largest absolute Gasteiger partial charge is 0.491 e. The summed E-state index contributed by atoms with van der Waals surface area (Å²) in [6, 6.07) is 11.8. The highest BCUT2D eigenvalue weighted by Gasteiger charge is 2.20. The van der Waals surface area contributed by atoms with E-state index >= 15 is 0 Å². The molecule has 2 aromatic rings. The van der Waals surface area contributed by atoms with E-state index in [2.05, 4.69) is 15.9 Å². The molecule has 3 rings (SSSR count). The van der Waals surface area contributed by atoms with Gasteiger partial charge in [-0.25, -0.2) is 0 Å². The molecule has 0 aliphatic carbocycles. The first-order chi connectivity index (χ1) is 12.9. The zero-order valence-electron chi connectivity index (χ0n) is 15.8. The van der Waals surface area contributed by atoms with E-state index in [-0.39, 0.29) is 6.61 Å². The Morgan fingerprint density at radius 1 is 1.04 bits per heavy atom. The summed E-state index contributed by atoms with van der Waals surface area (Å²) in [6.45, 7) is 8.44. The number of β-amino-alcohol motifs (C(OH)–C–C–N with tert-alkyl or cyclic N) is 1. The number of anilines is 1. The number of piperazine rings is 1. The molecule has 0 amide bonds. The summed E-state index contributed by atoms with van der Waals surface area (Å²) < 4.78 is 5.77. The van der Waals surface area contributed by atoms with Crippen LogP contribution in [0.5, 0.6) is 5.75 Å². The molecule has 0 aromatic heterocycles. The minimum Gasteiger partial charge on any atom is -0.491 e. The van der Waals surface area contributed by atoms with Gasteiger partial charge in [-0.05, 0) is 55.3 Å². The number of aliphatic hydroxyl groups is 1. The van der Waals surface area contributed by atoms with Crippen LogP contribution in [0, 0.1) is 13.8 Å². The molecule has 27 heavy (non-hydrogen) atoms. The first-order valence-corrected chi connectivity index (χ1v) is 9.98. The second kappa shape index (κ2) is 9.16. The fourth-order valence-corrected chi connectivity index (χ4v) is 3.69. The fourth-order valence-electron chi connectivity index (χ4n) is 3.39. The Morgan fingerprint density at radius 2 is 1.70 bits per heavy atom. The molecule has 1 saturated heterocycles. The van der Waals surface area contributed by atoms with Gasteiger partial charge in [-0.3, -0.25) is 4.90 Å². The lowest BCUT2D eigenvalue weighted by atomic mass is 10.1. The van der Waals surface area contributed by atoms with E-state index in [0.29, 0.717) is 6.54 Å². The van der Waals surface area contributed by atoms with E-state index in [1.54, 1.807) is 0 Å². The molecule has 1 aliphatic rings. The zero-order chi connectivity index (χ0) is 19.4. The van der Waals surface area contributed by atoms with Crippen molar-refractivity contribution in [1.82, 2.24) is 4.90 Å². The number of hydrogen-bond donors (Lipinski definition) is 1. The third kappa shape index (κ3) is 5.52. The average Bonchev–Trinajstić information content (AvgIpc) is 2.65. The molecule has 1 N–H and O–H groups in total. The SMILES string of the molecule is Cc1cc(OCC(O)CN2CCN(c3cccc(Cl)c3)CC2)cc(C)c1Cl. The number of halogens is 2. The van der Waals surface area contributed by atoms with Gasteiger partial charge >= 0.3 is 0 Å². The van der Waals surface area contributed by atoms with Gasteiger partial charge in [-0.15, -0.1) is 0 Å². The van der Waals surface area contributed by atoms with Gasteiger partial charge in [0.1, 0.15) is 18.5 Å². The van der Waals surface area contributed by atoms with Crippen LogP contribution in [0.25, 0.3) is 0 Å². The number of hydrogen-bond acceptors (Lipinski definition) is 4. The maximum atomic E-state index is 10.4. The Bertz CT molecular complexity index is 754. The monoisotopic (exact) mass is 408 g/mol. The number of ether oxygens (including phenoxy) is 1. The first-order valence-electron chi connectivity index (χ1n) is 9.23. The Kier molecular flexibility index (Phi) is 6.88. The summed E-state index contributed by atoms with van der Waals surface area (Å²) in [6.07, 6.45) is -0.529. The third-order valence-electron chi connectivity index (χ3n) is 4.87. The highest BCUT2D eigenvalue weighted by molar-refractivity contribution is 6.32. The minimum absolute atomic E-state index is 0.273. The standard InChI is InChI=1S/C21H26Cl2N2O2/c1-15-10-20(11-16(2)21(15)23)27-14-19(26)13-24-6-8-25(9-7-24)18-5-3-4-17(22)12-18/h3-5,10-12,19,26H,6-9,13-14H2,1-2H3. The number of nitrogens with zero attached hydrogens (tertiary/aromatic N) is 2.